The van der Waals surface area contributed by atoms with Gasteiger partial charge in [-0.25, -0.2) is 4.39 Å². The van der Waals surface area contributed by atoms with Crippen LogP contribution >= 0.6 is 0 Å². The van der Waals surface area contributed by atoms with Crippen LogP contribution in [0.2, 0.25) is 0 Å². The van der Waals surface area contributed by atoms with Crippen LogP contribution in [0.1, 0.15) is 34.1 Å². The van der Waals surface area contributed by atoms with Gasteiger partial charge in [0.1, 0.15) is 0 Å². The zero-order chi connectivity index (χ0) is 11.1. The van der Waals surface area contributed by atoms with Crippen molar-refractivity contribution in [2.24, 2.45) is 4.99 Å². The number of halogens is 1. The van der Waals surface area contributed by atoms with E-state index < -0.39 is 5.83 Å². The number of nitrogens with zero attached hydrogens (tertiary/aromatic N) is 2. The average molecular weight is 194 g/mol. The van der Waals surface area contributed by atoms with E-state index in [-0.39, 0.29) is 11.3 Å². The summed E-state index contributed by atoms with van der Waals surface area (Å²) in [6.45, 7) is 6.79. The number of allylic oxidation sites excluding steroid dienone is 4. The monoisotopic (exact) mass is 194 g/mol. The minimum atomic E-state index is -0.531. The summed E-state index contributed by atoms with van der Waals surface area (Å²) in [5, 5.41) is 8.47. The minimum absolute atomic E-state index is 0.0653. The predicted octanol–water partition coefficient (Wildman–Crippen LogP) is 3.53. The third-order valence-corrected chi connectivity index (χ3v) is 1.66. The highest BCUT2D eigenvalue weighted by Crippen LogP contribution is 2.09. The highest BCUT2D eigenvalue weighted by Gasteiger charge is 2.04. The van der Waals surface area contributed by atoms with Crippen LogP contribution in [0.4, 0.5) is 4.39 Å². The summed E-state index contributed by atoms with van der Waals surface area (Å²) >= 11 is 0. The molecule has 0 aliphatic carbocycles. The summed E-state index contributed by atoms with van der Waals surface area (Å²) < 4.78 is 13.3. The van der Waals surface area contributed by atoms with Gasteiger partial charge in [0, 0.05) is 5.70 Å². The van der Waals surface area contributed by atoms with Crippen molar-refractivity contribution >= 4 is 5.71 Å². The fourth-order valence-electron chi connectivity index (χ4n) is 0.975. The Morgan fingerprint density at radius 3 is 2.43 bits per heavy atom. The lowest BCUT2D eigenvalue weighted by Gasteiger charge is -1.98. The molecule has 76 valence electrons. The highest BCUT2D eigenvalue weighted by atomic mass is 19.1. The average Bonchev–Trinajstić information content (AvgIpc) is 2.15. The van der Waals surface area contributed by atoms with Crippen LogP contribution in [-0.4, -0.2) is 5.71 Å². The smallest absolute Gasteiger partial charge is 0.157 e. The van der Waals surface area contributed by atoms with Crippen LogP contribution < -0.4 is 0 Å². The molecule has 0 N–H and O–H groups in total. The highest BCUT2D eigenvalue weighted by molar-refractivity contribution is 5.97. The second kappa shape index (κ2) is 6.09. The third kappa shape index (κ3) is 3.99. The van der Waals surface area contributed by atoms with Crippen LogP contribution in [0.3, 0.4) is 0 Å². The lowest BCUT2D eigenvalue weighted by Crippen LogP contribution is -1.95. The van der Waals surface area contributed by atoms with Crippen molar-refractivity contribution in [3.05, 3.63) is 23.2 Å². The first-order valence-corrected chi connectivity index (χ1v) is 4.51. The number of rotatable bonds is 3. The van der Waals surface area contributed by atoms with E-state index >= 15 is 0 Å². The molecule has 0 bridgehead atoms. The molecule has 14 heavy (non-hydrogen) atoms. The summed E-state index contributed by atoms with van der Waals surface area (Å²) in [6.07, 6.45) is 2.77. The predicted molar refractivity (Wildman–Crippen MR) is 56.6 cm³/mol. The Bertz CT molecular complexity index is 330. The number of aliphatic imine (C=N–C) groups is 1. The van der Waals surface area contributed by atoms with Gasteiger partial charge in [0.2, 0.25) is 0 Å². The molecule has 3 heteroatoms. The quantitative estimate of drug-likeness (QED) is 0.500. The molecule has 0 spiro atoms. The van der Waals surface area contributed by atoms with E-state index in [0.29, 0.717) is 0 Å². The van der Waals surface area contributed by atoms with Gasteiger partial charge in [-0.1, -0.05) is 13.0 Å². The maximum atomic E-state index is 13.3. The van der Waals surface area contributed by atoms with Gasteiger partial charge in [0.15, 0.2) is 5.83 Å². The molecule has 0 aliphatic rings. The molecule has 0 saturated heterocycles. The van der Waals surface area contributed by atoms with E-state index in [0.717, 1.165) is 12.1 Å². The molecule has 0 aromatic rings. The second-order valence-electron chi connectivity index (χ2n) is 3.00. The zero-order valence-corrected chi connectivity index (χ0v) is 9.06. The third-order valence-electron chi connectivity index (χ3n) is 1.66. The van der Waals surface area contributed by atoms with Crippen molar-refractivity contribution in [1.82, 2.24) is 0 Å². The normalized spacial score (nSPS) is 14.9. The minimum Gasteiger partial charge on any atom is -0.256 e. The molecule has 2 nitrogen and oxygen atoms in total. The molecule has 0 unspecified atom stereocenters. The molecule has 0 amide bonds. The summed E-state index contributed by atoms with van der Waals surface area (Å²) in [7, 11) is 0. The van der Waals surface area contributed by atoms with E-state index in [9.17, 15) is 4.39 Å². The molecular weight excluding hydrogens is 179 g/mol. The molecular formula is C11H15FN2. The largest absolute Gasteiger partial charge is 0.256 e. The summed E-state index contributed by atoms with van der Waals surface area (Å²) in [6, 6.07) is 1.76. The second-order valence-corrected chi connectivity index (χ2v) is 3.00. The lowest BCUT2D eigenvalue weighted by atomic mass is 10.2. The maximum Gasteiger partial charge on any atom is 0.157 e. The molecule has 0 aliphatic heterocycles. The van der Waals surface area contributed by atoms with Crippen molar-refractivity contribution in [3.8, 4) is 6.07 Å². The zero-order valence-electron chi connectivity index (χ0n) is 9.06. The van der Waals surface area contributed by atoms with E-state index in [2.05, 4.69) is 4.99 Å². The van der Waals surface area contributed by atoms with Crippen LogP contribution in [0, 0.1) is 11.3 Å². The Hall–Kier alpha value is -1.43. The Kier molecular flexibility index (Phi) is 5.47. The molecule has 0 saturated carbocycles. The summed E-state index contributed by atoms with van der Waals surface area (Å²) in [4.78, 5) is 4.03. The van der Waals surface area contributed by atoms with Gasteiger partial charge < -0.3 is 0 Å². The molecule has 0 aromatic carbocycles. The van der Waals surface area contributed by atoms with Gasteiger partial charge in [-0.2, -0.15) is 5.26 Å². The van der Waals surface area contributed by atoms with Crippen molar-refractivity contribution in [3.63, 3.8) is 0 Å². The SMILES string of the molecule is CC/C=C(C)/N=C(C)/C(F)=C(\C)C#N. The van der Waals surface area contributed by atoms with Crippen LogP contribution in [0.25, 0.3) is 0 Å². The van der Waals surface area contributed by atoms with Crippen molar-refractivity contribution in [2.45, 2.75) is 34.1 Å². The van der Waals surface area contributed by atoms with Crippen molar-refractivity contribution < 1.29 is 4.39 Å². The Labute approximate surface area is 84.5 Å². The fourth-order valence-corrected chi connectivity index (χ4v) is 0.975. The van der Waals surface area contributed by atoms with Gasteiger partial charge in [0.25, 0.3) is 0 Å². The van der Waals surface area contributed by atoms with Gasteiger partial charge in [-0.05, 0) is 27.2 Å². The number of hydrogen-bond donors (Lipinski definition) is 0. The number of hydrogen-bond acceptors (Lipinski definition) is 2. The van der Waals surface area contributed by atoms with E-state index in [1.807, 2.05) is 19.9 Å². The topological polar surface area (TPSA) is 36.1 Å². The maximum absolute atomic E-state index is 13.3. The Morgan fingerprint density at radius 1 is 1.43 bits per heavy atom. The molecule has 0 atom stereocenters. The molecule has 0 aromatic heterocycles. The molecule has 0 heterocycles. The standard InChI is InChI=1S/C11H15FN2/c1-5-6-9(3)14-10(4)11(12)8(2)7-13/h6H,5H2,1-4H3/b9-6+,11-8-,14-10+. The van der Waals surface area contributed by atoms with Crippen molar-refractivity contribution in [1.29, 1.82) is 5.26 Å². The summed E-state index contributed by atoms with van der Waals surface area (Å²) in [5.74, 6) is -0.531. The Morgan fingerprint density at radius 2 is 2.00 bits per heavy atom. The molecule has 0 radical (unpaired) electrons. The van der Waals surface area contributed by atoms with Crippen LogP contribution in [-0.2, 0) is 0 Å². The van der Waals surface area contributed by atoms with E-state index in [4.69, 9.17) is 5.26 Å². The van der Waals surface area contributed by atoms with Gasteiger partial charge >= 0.3 is 0 Å². The van der Waals surface area contributed by atoms with Crippen LogP contribution in [0.5, 0.6) is 0 Å². The van der Waals surface area contributed by atoms with Gasteiger partial charge in [-0.3, -0.25) is 4.99 Å². The lowest BCUT2D eigenvalue weighted by molar-refractivity contribution is 0.672. The number of nitriles is 1. The first-order chi connectivity index (χ1) is 6.52. The van der Waals surface area contributed by atoms with E-state index in [1.165, 1.54) is 6.92 Å². The Balaban J connectivity index is 4.90. The van der Waals surface area contributed by atoms with Crippen LogP contribution in [0.15, 0.2) is 28.2 Å². The molecule has 0 rings (SSSR count). The van der Waals surface area contributed by atoms with Gasteiger partial charge in [0.05, 0.1) is 17.4 Å². The van der Waals surface area contributed by atoms with E-state index in [1.54, 1.807) is 13.0 Å². The first-order valence-electron chi connectivity index (χ1n) is 4.51. The first kappa shape index (κ1) is 12.6. The van der Waals surface area contributed by atoms with Crippen molar-refractivity contribution in [2.75, 3.05) is 0 Å². The van der Waals surface area contributed by atoms with Gasteiger partial charge in [-0.15, -0.1) is 0 Å². The molecule has 0 fully saturated rings. The fraction of sp³-hybridized carbons (Fsp3) is 0.455. The summed E-state index contributed by atoms with van der Waals surface area (Å²) in [5.41, 5.74) is 1.09.